The molecule has 0 radical (unpaired) electrons. The Morgan fingerprint density at radius 2 is 2.17 bits per heavy atom. The third-order valence-electron chi connectivity index (χ3n) is 2.91. The van der Waals surface area contributed by atoms with Gasteiger partial charge in [0, 0.05) is 6.20 Å². The third kappa shape index (κ3) is 1.96. The van der Waals surface area contributed by atoms with Gasteiger partial charge < -0.3 is 4.74 Å². The second kappa shape index (κ2) is 4.40. The molecule has 0 atom stereocenters. The van der Waals surface area contributed by atoms with Crippen molar-refractivity contribution in [3.05, 3.63) is 29.7 Å². The molecule has 2 heterocycles. The van der Waals surface area contributed by atoms with Gasteiger partial charge in [0.1, 0.15) is 5.41 Å². The van der Waals surface area contributed by atoms with Crippen molar-refractivity contribution in [2.75, 3.05) is 6.61 Å². The van der Waals surface area contributed by atoms with Gasteiger partial charge in [0.05, 0.1) is 6.61 Å². The molecule has 0 fully saturated rings. The van der Waals surface area contributed by atoms with Crippen molar-refractivity contribution in [3.8, 4) is 0 Å². The molecule has 2 aromatic rings. The molecule has 0 spiro atoms. The van der Waals surface area contributed by atoms with Crippen LogP contribution in [-0.4, -0.2) is 27.2 Å². The van der Waals surface area contributed by atoms with Gasteiger partial charge in [0.15, 0.2) is 11.5 Å². The summed E-state index contributed by atoms with van der Waals surface area (Å²) in [7, 11) is 0. The van der Waals surface area contributed by atoms with Gasteiger partial charge in [0.25, 0.3) is 0 Å². The second-order valence-corrected chi connectivity index (χ2v) is 4.80. The summed E-state index contributed by atoms with van der Waals surface area (Å²) in [5, 5.41) is 8.22. The lowest BCUT2D eigenvalue weighted by molar-refractivity contribution is -0.149. The minimum Gasteiger partial charge on any atom is -0.465 e. The molecule has 0 unspecified atom stereocenters. The number of hydrogen-bond donors (Lipinski definition) is 0. The van der Waals surface area contributed by atoms with E-state index in [0.717, 1.165) is 11.2 Å². The van der Waals surface area contributed by atoms with Gasteiger partial charge in [-0.1, -0.05) is 0 Å². The summed E-state index contributed by atoms with van der Waals surface area (Å²) in [6, 6.07) is 3.89. The third-order valence-corrected chi connectivity index (χ3v) is 2.91. The maximum Gasteiger partial charge on any atom is 0.319 e. The first kappa shape index (κ1) is 12.5. The van der Waals surface area contributed by atoms with Crippen LogP contribution < -0.4 is 0 Å². The molecular formula is C13H17N3O2. The molecule has 18 heavy (non-hydrogen) atoms. The molecule has 2 rings (SSSR count). The van der Waals surface area contributed by atoms with E-state index < -0.39 is 5.41 Å². The predicted octanol–water partition coefficient (Wildman–Crippen LogP) is 1.88. The average Bonchev–Trinajstić information content (AvgIpc) is 2.72. The van der Waals surface area contributed by atoms with E-state index in [2.05, 4.69) is 10.2 Å². The fraction of sp³-hybridized carbons (Fsp3) is 0.462. The Balaban J connectivity index is 2.50. The standard InChI is InChI=1S/C13H17N3O2/c1-5-18-12(17)13(3,4)11-15-14-10-8-9(2)6-7-16(10)11/h6-8H,5H2,1-4H3. The number of ether oxygens (including phenoxy) is 1. The van der Waals surface area contributed by atoms with Gasteiger partial charge in [-0.3, -0.25) is 9.20 Å². The Bertz CT molecular complexity index is 587. The van der Waals surface area contributed by atoms with Crippen molar-refractivity contribution >= 4 is 11.6 Å². The number of carbonyl (C=O) groups is 1. The van der Waals surface area contributed by atoms with Gasteiger partial charge in [-0.25, -0.2) is 0 Å². The van der Waals surface area contributed by atoms with Crippen molar-refractivity contribution in [2.24, 2.45) is 0 Å². The van der Waals surface area contributed by atoms with Crippen LogP contribution in [0.25, 0.3) is 5.65 Å². The maximum atomic E-state index is 12.0. The van der Waals surface area contributed by atoms with Crippen LogP contribution in [0.2, 0.25) is 0 Å². The summed E-state index contributed by atoms with van der Waals surface area (Å²) in [5.74, 6) is 0.302. The van der Waals surface area contributed by atoms with Gasteiger partial charge in [-0.2, -0.15) is 0 Å². The summed E-state index contributed by atoms with van der Waals surface area (Å²) < 4.78 is 6.91. The second-order valence-electron chi connectivity index (χ2n) is 4.80. The lowest BCUT2D eigenvalue weighted by Crippen LogP contribution is -2.33. The highest BCUT2D eigenvalue weighted by atomic mass is 16.5. The molecule has 0 amide bonds. The minimum atomic E-state index is -0.815. The Hall–Kier alpha value is -1.91. The van der Waals surface area contributed by atoms with Crippen LogP contribution in [0.5, 0.6) is 0 Å². The first-order chi connectivity index (χ1) is 8.46. The molecule has 0 saturated carbocycles. The fourth-order valence-corrected chi connectivity index (χ4v) is 1.82. The molecule has 2 aromatic heterocycles. The number of aromatic nitrogens is 3. The van der Waals surface area contributed by atoms with Crippen LogP contribution in [0.1, 0.15) is 32.2 Å². The van der Waals surface area contributed by atoms with Crippen molar-refractivity contribution in [3.63, 3.8) is 0 Å². The zero-order chi connectivity index (χ0) is 13.3. The number of nitrogens with zero attached hydrogens (tertiary/aromatic N) is 3. The summed E-state index contributed by atoms with van der Waals surface area (Å²) in [4.78, 5) is 12.0. The Labute approximate surface area is 106 Å². The van der Waals surface area contributed by atoms with Gasteiger partial charge in [0.2, 0.25) is 0 Å². The van der Waals surface area contributed by atoms with Crippen molar-refractivity contribution in [1.29, 1.82) is 0 Å². The average molecular weight is 247 g/mol. The zero-order valence-corrected chi connectivity index (χ0v) is 11.1. The SMILES string of the molecule is CCOC(=O)C(C)(C)c1nnc2cc(C)ccn12. The van der Waals surface area contributed by atoms with E-state index in [1.54, 1.807) is 20.8 Å². The molecular weight excluding hydrogens is 230 g/mol. The Morgan fingerprint density at radius 3 is 2.83 bits per heavy atom. The van der Waals surface area contributed by atoms with Crippen LogP contribution in [-0.2, 0) is 14.9 Å². The molecule has 0 N–H and O–H groups in total. The van der Waals surface area contributed by atoms with E-state index in [-0.39, 0.29) is 5.97 Å². The number of hydrogen-bond acceptors (Lipinski definition) is 4. The first-order valence-electron chi connectivity index (χ1n) is 5.96. The fourth-order valence-electron chi connectivity index (χ4n) is 1.82. The lowest BCUT2D eigenvalue weighted by Gasteiger charge is -2.20. The first-order valence-corrected chi connectivity index (χ1v) is 5.96. The van der Waals surface area contributed by atoms with Gasteiger partial charge >= 0.3 is 5.97 Å². The summed E-state index contributed by atoms with van der Waals surface area (Å²) in [6.45, 7) is 7.73. The maximum absolute atomic E-state index is 12.0. The van der Waals surface area contributed by atoms with E-state index in [4.69, 9.17) is 4.74 Å². The molecule has 0 saturated heterocycles. The van der Waals surface area contributed by atoms with Crippen LogP contribution in [0.15, 0.2) is 18.3 Å². The van der Waals surface area contributed by atoms with Crippen molar-refractivity contribution < 1.29 is 9.53 Å². The number of fused-ring (bicyclic) bond motifs is 1. The number of rotatable bonds is 3. The molecule has 5 heteroatoms. The van der Waals surface area contributed by atoms with Crippen molar-refractivity contribution in [1.82, 2.24) is 14.6 Å². The molecule has 0 aliphatic rings. The molecule has 0 aromatic carbocycles. The summed E-state index contributed by atoms with van der Waals surface area (Å²) in [5.41, 5.74) is 1.03. The zero-order valence-electron chi connectivity index (χ0n) is 11.1. The largest absolute Gasteiger partial charge is 0.465 e. The smallest absolute Gasteiger partial charge is 0.319 e. The topological polar surface area (TPSA) is 56.5 Å². The monoisotopic (exact) mass is 247 g/mol. The quantitative estimate of drug-likeness (QED) is 0.777. The number of esters is 1. The molecule has 0 bridgehead atoms. The normalized spacial score (nSPS) is 11.8. The van der Waals surface area contributed by atoms with Crippen molar-refractivity contribution in [2.45, 2.75) is 33.1 Å². The highest BCUT2D eigenvalue weighted by Crippen LogP contribution is 2.23. The van der Waals surface area contributed by atoms with Crippen LogP contribution in [0.4, 0.5) is 0 Å². The Kier molecular flexibility index (Phi) is 3.07. The number of carbonyl (C=O) groups excluding carboxylic acids is 1. The Morgan fingerprint density at radius 1 is 1.44 bits per heavy atom. The van der Waals surface area contributed by atoms with E-state index in [1.165, 1.54) is 0 Å². The summed E-state index contributed by atoms with van der Waals surface area (Å²) >= 11 is 0. The van der Waals surface area contributed by atoms with Crippen LogP contribution >= 0.6 is 0 Å². The number of aryl methyl sites for hydroxylation is 1. The van der Waals surface area contributed by atoms with E-state index in [1.807, 2.05) is 29.7 Å². The highest BCUT2D eigenvalue weighted by molar-refractivity contribution is 5.81. The molecule has 5 nitrogen and oxygen atoms in total. The predicted molar refractivity (Wildman–Crippen MR) is 67.4 cm³/mol. The summed E-state index contributed by atoms with van der Waals surface area (Å²) in [6.07, 6.45) is 1.88. The van der Waals surface area contributed by atoms with Crippen LogP contribution in [0, 0.1) is 6.92 Å². The van der Waals surface area contributed by atoms with E-state index in [0.29, 0.717) is 12.4 Å². The minimum absolute atomic E-state index is 0.292. The van der Waals surface area contributed by atoms with Gasteiger partial charge in [-0.05, 0) is 45.4 Å². The van der Waals surface area contributed by atoms with E-state index >= 15 is 0 Å². The van der Waals surface area contributed by atoms with Crippen LogP contribution in [0.3, 0.4) is 0 Å². The number of pyridine rings is 1. The highest BCUT2D eigenvalue weighted by Gasteiger charge is 2.36. The molecule has 0 aliphatic heterocycles. The molecule has 96 valence electrons. The van der Waals surface area contributed by atoms with E-state index in [9.17, 15) is 4.79 Å². The lowest BCUT2D eigenvalue weighted by atomic mass is 9.92. The van der Waals surface area contributed by atoms with Gasteiger partial charge in [-0.15, -0.1) is 10.2 Å². The molecule has 0 aliphatic carbocycles.